The van der Waals surface area contributed by atoms with E-state index in [1.165, 1.54) is 0 Å². The molecule has 106 valence electrons. The van der Waals surface area contributed by atoms with Gasteiger partial charge in [-0.3, -0.25) is 9.78 Å². The van der Waals surface area contributed by atoms with Crippen LogP contribution in [0.3, 0.4) is 0 Å². The number of pyridine rings is 1. The van der Waals surface area contributed by atoms with Crippen molar-refractivity contribution in [2.75, 3.05) is 18.0 Å². The van der Waals surface area contributed by atoms with E-state index in [9.17, 15) is 10.1 Å². The standard InChI is InChI=1S/C16H16N4O/c1-10-3-2-4-13-14(10)19-8-12(7-17)15(13)20-6-5-11(9-20)16(18)21/h2-4,8,11H,5-6,9H2,1H3,(H2,18,21). The molecule has 21 heavy (non-hydrogen) atoms. The number of anilines is 1. The van der Waals surface area contributed by atoms with Crippen LogP contribution >= 0.6 is 0 Å². The lowest BCUT2D eigenvalue weighted by atomic mass is 10.1. The Labute approximate surface area is 123 Å². The maximum absolute atomic E-state index is 11.4. The van der Waals surface area contributed by atoms with Crippen molar-refractivity contribution in [3.05, 3.63) is 35.5 Å². The second-order valence-corrected chi connectivity index (χ2v) is 5.44. The van der Waals surface area contributed by atoms with Crippen LogP contribution in [0.5, 0.6) is 0 Å². The highest BCUT2D eigenvalue weighted by atomic mass is 16.1. The summed E-state index contributed by atoms with van der Waals surface area (Å²) in [6, 6.07) is 8.15. The Balaban J connectivity index is 2.15. The first-order valence-corrected chi connectivity index (χ1v) is 6.94. The van der Waals surface area contributed by atoms with E-state index in [1.54, 1.807) is 6.20 Å². The average Bonchev–Trinajstić information content (AvgIpc) is 2.96. The summed E-state index contributed by atoms with van der Waals surface area (Å²) in [5.74, 6) is -0.421. The van der Waals surface area contributed by atoms with Crippen LogP contribution in [0.4, 0.5) is 5.69 Å². The number of benzene rings is 1. The molecule has 0 radical (unpaired) electrons. The number of primary amides is 1. The van der Waals surface area contributed by atoms with Crippen molar-refractivity contribution in [1.82, 2.24) is 4.98 Å². The molecule has 0 aliphatic carbocycles. The Bertz CT molecular complexity index is 763. The van der Waals surface area contributed by atoms with E-state index >= 15 is 0 Å². The van der Waals surface area contributed by atoms with Gasteiger partial charge >= 0.3 is 0 Å². The first-order valence-electron chi connectivity index (χ1n) is 6.94. The Morgan fingerprint density at radius 3 is 3.00 bits per heavy atom. The summed E-state index contributed by atoms with van der Waals surface area (Å²) in [6.07, 6.45) is 2.35. The van der Waals surface area contributed by atoms with E-state index in [-0.39, 0.29) is 11.8 Å². The first-order chi connectivity index (χ1) is 10.1. The van der Waals surface area contributed by atoms with Gasteiger partial charge in [0.2, 0.25) is 5.91 Å². The minimum absolute atomic E-state index is 0.149. The largest absolute Gasteiger partial charge is 0.369 e. The maximum atomic E-state index is 11.4. The van der Waals surface area contributed by atoms with E-state index < -0.39 is 0 Å². The van der Waals surface area contributed by atoms with E-state index in [2.05, 4.69) is 16.0 Å². The summed E-state index contributed by atoms with van der Waals surface area (Å²) in [4.78, 5) is 17.8. The number of para-hydroxylation sites is 1. The number of fused-ring (bicyclic) bond motifs is 1. The molecule has 5 nitrogen and oxygen atoms in total. The van der Waals surface area contributed by atoms with Crippen molar-refractivity contribution < 1.29 is 4.79 Å². The number of hydrogen-bond donors (Lipinski definition) is 1. The lowest BCUT2D eigenvalue weighted by Crippen LogP contribution is -2.27. The molecule has 0 bridgehead atoms. The molecule has 2 heterocycles. The van der Waals surface area contributed by atoms with Gasteiger partial charge in [0.05, 0.1) is 22.7 Å². The fourth-order valence-corrected chi connectivity index (χ4v) is 2.97. The zero-order chi connectivity index (χ0) is 15.0. The van der Waals surface area contributed by atoms with Gasteiger partial charge in [0.25, 0.3) is 0 Å². The number of aryl methyl sites for hydroxylation is 1. The molecule has 1 atom stereocenters. The Kier molecular flexibility index (Phi) is 3.22. The van der Waals surface area contributed by atoms with Crippen molar-refractivity contribution in [3.63, 3.8) is 0 Å². The minimum Gasteiger partial charge on any atom is -0.369 e. The number of nitrogens with two attached hydrogens (primary N) is 1. The third kappa shape index (κ3) is 2.19. The van der Waals surface area contributed by atoms with Crippen LogP contribution in [0.1, 0.15) is 17.5 Å². The number of amides is 1. The molecule has 1 saturated heterocycles. The lowest BCUT2D eigenvalue weighted by Gasteiger charge is -2.21. The quantitative estimate of drug-likeness (QED) is 0.908. The molecule has 1 aliphatic rings. The van der Waals surface area contributed by atoms with E-state index in [0.717, 1.165) is 35.1 Å². The number of hydrogen-bond acceptors (Lipinski definition) is 4. The molecule has 0 saturated carbocycles. The molecule has 2 aromatic rings. The first kappa shape index (κ1) is 13.4. The molecule has 0 spiro atoms. The van der Waals surface area contributed by atoms with Crippen LogP contribution in [0.15, 0.2) is 24.4 Å². The number of rotatable bonds is 2. The zero-order valence-corrected chi connectivity index (χ0v) is 11.8. The maximum Gasteiger partial charge on any atom is 0.222 e. The minimum atomic E-state index is -0.273. The molecule has 1 aliphatic heterocycles. The fraction of sp³-hybridized carbons (Fsp3) is 0.312. The van der Waals surface area contributed by atoms with Gasteiger partial charge in [-0.1, -0.05) is 18.2 Å². The van der Waals surface area contributed by atoms with Gasteiger partial charge in [0, 0.05) is 24.7 Å². The topological polar surface area (TPSA) is 83.0 Å². The van der Waals surface area contributed by atoms with Crippen molar-refractivity contribution in [3.8, 4) is 6.07 Å². The summed E-state index contributed by atoms with van der Waals surface area (Å²) in [6.45, 7) is 3.30. The number of carbonyl (C=O) groups is 1. The monoisotopic (exact) mass is 280 g/mol. The second-order valence-electron chi connectivity index (χ2n) is 5.44. The number of nitriles is 1. The van der Waals surface area contributed by atoms with Crippen molar-refractivity contribution in [2.45, 2.75) is 13.3 Å². The highest BCUT2D eigenvalue weighted by molar-refractivity contribution is 5.96. The van der Waals surface area contributed by atoms with Crippen molar-refractivity contribution >= 4 is 22.5 Å². The second kappa shape index (κ2) is 5.06. The predicted molar refractivity (Wildman–Crippen MR) is 80.7 cm³/mol. The number of aromatic nitrogens is 1. The highest BCUT2D eigenvalue weighted by Crippen LogP contribution is 2.33. The van der Waals surface area contributed by atoms with Gasteiger partial charge in [-0.25, -0.2) is 0 Å². The van der Waals surface area contributed by atoms with E-state index in [4.69, 9.17) is 5.73 Å². The Morgan fingerprint density at radius 1 is 1.52 bits per heavy atom. The SMILES string of the molecule is Cc1cccc2c(N3CCC(C(N)=O)C3)c(C#N)cnc12. The Hall–Kier alpha value is -2.61. The molecule has 1 fully saturated rings. The van der Waals surface area contributed by atoms with Crippen molar-refractivity contribution in [1.29, 1.82) is 5.26 Å². The van der Waals surface area contributed by atoms with E-state index in [0.29, 0.717) is 12.1 Å². The summed E-state index contributed by atoms with van der Waals surface area (Å²) in [7, 11) is 0. The molecular formula is C16H16N4O. The van der Waals surface area contributed by atoms with Gasteiger partial charge in [-0.2, -0.15) is 5.26 Å². The molecule has 1 aromatic carbocycles. The lowest BCUT2D eigenvalue weighted by molar-refractivity contribution is -0.121. The highest BCUT2D eigenvalue weighted by Gasteiger charge is 2.29. The van der Waals surface area contributed by atoms with Crippen LogP contribution in [0.2, 0.25) is 0 Å². The van der Waals surface area contributed by atoms with Gasteiger partial charge < -0.3 is 10.6 Å². The predicted octanol–water partition coefficient (Wildman–Crippen LogP) is 1.73. The normalized spacial score (nSPS) is 17.9. The third-order valence-electron chi connectivity index (χ3n) is 4.10. The van der Waals surface area contributed by atoms with Gasteiger partial charge in [-0.05, 0) is 18.9 Å². The summed E-state index contributed by atoms with van der Waals surface area (Å²) in [5, 5.41) is 10.3. The molecule has 1 amide bonds. The molecule has 1 unspecified atom stereocenters. The zero-order valence-electron chi connectivity index (χ0n) is 11.8. The van der Waals surface area contributed by atoms with Crippen LogP contribution < -0.4 is 10.6 Å². The molecule has 3 rings (SSSR count). The number of nitrogens with zero attached hydrogens (tertiary/aromatic N) is 3. The van der Waals surface area contributed by atoms with Gasteiger partial charge in [0.15, 0.2) is 0 Å². The summed E-state index contributed by atoms with van der Waals surface area (Å²) < 4.78 is 0. The smallest absolute Gasteiger partial charge is 0.222 e. The van der Waals surface area contributed by atoms with Crippen LogP contribution in [-0.2, 0) is 4.79 Å². The molecule has 2 N–H and O–H groups in total. The van der Waals surface area contributed by atoms with Crippen LogP contribution in [0, 0.1) is 24.2 Å². The number of carbonyl (C=O) groups excluding carboxylic acids is 1. The fourth-order valence-electron chi connectivity index (χ4n) is 2.97. The molecular weight excluding hydrogens is 264 g/mol. The van der Waals surface area contributed by atoms with Crippen LogP contribution in [0.25, 0.3) is 10.9 Å². The molecule has 5 heteroatoms. The van der Waals surface area contributed by atoms with Gasteiger partial charge in [-0.15, -0.1) is 0 Å². The summed E-state index contributed by atoms with van der Waals surface area (Å²) >= 11 is 0. The van der Waals surface area contributed by atoms with Crippen molar-refractivity contribution in [2.24, 2.45) is 11.7 Å². The third-order valence-corrected chi connectivity index (χ3v) is 4.10. The summed E-state index contributed by atoms with van der Waals surface area (Å²) in [5.41, 5.74) is 8.78. The molecule has 1 aromatic heterocycles. The van der Waals surface area contributed by atoms with Gasteiger partial charge in [0.1, 0.15) is 6.07 Å². The Morgan fingerprint density at radius 2 is 2.33 bits per heavy atom. The average molecular weight is 280 g/mol. The van der Waals surface area contributed by atoms with E-state index in [1.807, 2.05) is 25.1 Å². The van der Waals surface area contributed by atoms with Crippen LogP contribution in [-0.4, -0.2) is 24.0 Å².